The first-order chi connectivity index (χ1) is 17.6. The molecule has 6 rings (SSSR count). The number of carbonyl (C=O) groups is 1. The lowest BCUT2D eigenvalue weighted by atomic mass is 9.89. The number of rotatable bonds is 5. The van der Waals surface area contributed by atoms with Gasteiger partial charge in [-0.15, -0.1) is 0 Å². The monoisotopic (exact) mass is 470 g/mol. The molecule has 1 aromatic heterocycles. The van der Waals surface area contributed by atoms with E-state index >= 15 is 0 Å². The normalized spacial score (nSPS) is 14.9. The van der Waals surface area contributed by atoms with Crippen molar-refractivity contribution in [3.63, 3.8) is 0 Å². The van der Waals surface area contributed by atoms with E-state index in [0.717, 1.165) is 45.2 Å². The molecule has 0 aliphatic carbocycles. The van der Waals surface area contributed by atoms with Gasteiger partial charge in [-0.25, -0.2) is 4.98 Å². The number of anilines is 3. The number of carbonyl (C=O) groups excluding carboxylic acids is 1. The molecule has 1 aliphatic heterocycles. The number of para-hydroxylation sites is 3. The van der Waals surface area contributed by atoms with E-state index in [2.05, 4.69) is 64.3 Å². The molecule has 0 saturated heterocycles. The lowest BCUT2D eigenvalue weighted by Gasteiger charge is -2.31. The zero-order valence-electron chi connectivity index (χ0n) is 20.2. The SMILES string of the molecule is CC1=C(C(=O)c2ccccc2)[C@@H](c2ccc(N(C)c3ccccc3)cc2)n2c(nc3ccccc32)N1. The smallest absolute Gasteiger partial charge is 0.209 e. The van der Waals surface area contributed by atoms with Gasteiger partial charge in [0.1, 0.15) is 0 Å². The number of allylic oxidation sites excluding steroid dienone is 2. The minimum absolute atomic E-state index is 0.0134. The number of nitrogens with zero attached hydrogens (tertiary/aromatic N) is 3. The second kappa shape index (κ2) is 8.86. The van der Waals surface area contributed by atoms with E-state index in [9.17, 15) is 4.79 Å². The van der Waals surface area contributed by atoms with E-state index in [1.165, 1.54) is 0 Å². The minimum atomic E-state index is -0.308. The van der Waals surface area contributed by atoms with Crippen LogP contribution in [0.15, 0.2) is 120 Å². The van der Waals surface area contributed by atoms with Crippen molar-refractivity contribution >= 4 is 34.1 Å². The number of fused-ring (bicyclic) bond motifs is 3. The molecule has 5 aromatic rings. The van der Waals surface area contributed by atoms with Gasteiger partial charge in [0.25, 0.3) is 0 Å². The average Bonchev–Trinajstić information content (AvgIpc) is 3.30. The number of imidazole rings is 1. The summed E-state index contributed by atoms with van der Waals surface area (Å²) < 4.78 is 2.15. The molecule has 0 amide bonds. The predicted octanol–water partition coefficient (Wildman–Crippen LogP) is 6.98. The second-order valence-corrected chi connectivity index (χ2v) is 9.04. The van der Waals surface area contributed by atoms with Crippen LogP contribution in [0.5, 0.6) is 0 Å². The first-order valence-corrected chi connectivity index (χ1v) is 12.0. The number of benzene rings is 4. The number of hydrogen-bond acceptors (Lipinski definition) is 4. The highest BCUT2D eigenvalue weighted by Gasteiger charge is 2.34. The van der Waals surface area contributed by atoms with Crippen molar-refractivity contribution in [3.8, 4) is 0 Å². The molecule has 0 unspecified atom stereocenters. The third-order valence-electron chi connectivity index (χ3n) is 6.85. The van der Waals surface area contributed by atoms with E-state index in [-0.39, 0.29) is 11.8 Å². The quantitative estimate of drug-likeness (QED) is 0.282. The lowest BCUT2D eigenvalue weighted by Crippen LogP contribution is -2.28. The van der Waals surface area contributed by atoms with Crippen molar-refractivity contribution < 1.29 is 4.79 Å². The molecule has 176 valence electrons. The number of hydrogen-bond donors (Lipinski definition) is 1. The van der Waals surface area contributed by atoms with Crippen LogP contribution in [0, 0.1) is 0 Å². The molecule has 1 atom stereocenters. The largest absolute Gasteiger partial charge is 0.345 e. The van der Waals surface area contributed by atoms with Crippen LogP contribution in [0.1, 0.15) is 28.9 Å². The fourth-order valence-electron chi connectivity index (χ4n) is 5.00. The van der Waals surface area contributed by atoms with Gasteiger partial charge in [0, 0.05) is 35.3 Å². The highest BCUT2D eigenvalue weighted by molar-refractivity contribution is 6.11. The highest BCUT2D eigenvalue weighted by Crippen LogP contribution is 2.41. The number of ketones is 1. The zero-order valence-corrected chi connectivity index (χ0v) is 20.2. The molecule has 5 heteroatoms. The first-order valence-electron chi connectivity index (χ1n) is 12.0. The van der Waals surface area contributed by atoms with Gasteiger partial charge in [0.05, 0.1) is 17.1 Å². The molecule has 0 fully saturated rings. The summed E-state index contributed by atoms with van der Waals surface area (Å²) in [6, 6.07) is 36.0. The van der Waals surface area contributed by atoms with Crippen molar-refractivity contribution in [2.24, 2.45) is 0 Å². The van der Waals surface area contributed by atoms with Crippen LogP contribution in [0.3, 0.4) is 0 Å². The van der Waals surface area contributed by atoms with Crippen molar-refractivity contribution in [2.75, 3.05) is 17.3 Å². The van der Waals surface area contributed by atoms with Crippen molar-refractivity contribution in [1.82, 2.24) is 9.55 Å². The Kier molecular flexibility index (Phi) is 5.38. The van der Waals surface area contributed by atoms with Gasteiger partial charge in [0.15, 0.2) is 5.78 Å². The molecule has 0 bridgehead atoms. The molecular weight excluding hydrogens is 444 g/mol. The van der Waals surface area contributed by atoms with Gasteiger partial charge in [-0.05, 0) is 48.9 Å². The fraction of sp³-hybridized carbons (Fsp3) is 0.0968. The van der Waals surface area contributed by atoms with Gasteiger partial charge >= 0.3 is 0 Å². The fourth-order valence-corrected chi connectivity index (χ4v) is 5.00. The molecule has 0 radical (unpaired) electrons. The molecule has 5 nitrogen and oxygen atoms in total. The molecular formula is C31H26N4O. The van der Waals surface area contributed by atoms with E-state index in [1.807, 2.05) is 73.7 Å². The summed E-state index contributed by atoms with van der Waals surface area (Å²) in [4.78, 5) is 20.9. The van der Waals surface area contributed by atoms with E-state index in [1.54, 1.807) is 0 Å². The Balaban J connectivity index is 1.49. The summed E-state index contributed by atoms with van der Waals surface area (Å²) in [5, 5.41) is 3.40. The zero-order chi connectivity index (χ0) is 24.6. The predicted molar refractivity (Wildman–Crippen MR) is 146 cm³/mol. The Hall–Kier alpha value is -4.64. The third kappa shape index (κ3) is 3.66. The van der Waals surface area contributed by atoms with Crippen molar-refractivity contribution in [3.05, 3.63) is 132 Å². The molecule has 1 N–H and O–H groups in total. The topological polar surface area (TPSA) is 50.2 Å². The Labute approximate surface area is 210 Å². The van der Waals surface area contributed by atoms with Crippen molar-refractivity contribution in [2.45, 2.75) is 13.0 Å². The molecule has 4 aromatic carbocycles. The van der Waals surface area contributed by atoms with Gasteiger partial charge in [-0.3, -0.25) is 9.36 Å². The van der Waals surface area contributed by atoms with Crippen LogP contribution in [0.2, 0.25) is 0 Å². The summed E-state index contributed by atoms with van der Waals surface area (Å²) in [6.45, 7) is 1.96. The number of nitrogens with one attached hydrogen (secondary N) is 1. The molecule has 2 heterocycles. The van der Waals surface area contributed by atoms with E-state index in [4.69, 9.17) is 4.98 Å². The Bertz CT molecular complexity index is 1580. The van der Waals surface area contributed by atoms with E-state index in [0.29, 0.717) is 5.56 Å². The summed E-state index contributed by atoms with van der Waals surface area (Å²) >= 11 is 0. The van der Waals surface area contributed by atoms with Crippen LogP contribution in [0.25, 0.3) is 11.0 Å². The van der Waals surface area contributed by atoms with Crippen molar-refractivity contribution in [1.29, 1.82) is 0 Å². The number of Topliss-reactive ketones (excluding diaryl/α,β-unsaturated/α-hetero) is 1. The summed E-state index contributed by atoms with van der Waals surface area (Å²) in [5.74, 6) is 0.758. The lowest BCUT2D eigenvalue weighted by molar-refractivity contribution is 0.102. The average molecular weight is 471 g/mol. The maximum atomic E-state index is 13.9. The molecule has 36 heavy (non-hydrogen) atoms. The number of aromatic nitrogens is 2. The highest BCUT2D eigenvalue weighted by atomic mass is 16.1. The Morgan fingerprint density at radius 3 is 2.14 bits per heavy atom. The van der Waals surface area contributed by atoms with Crippen LogP contribution in [-0.4, -0.2) is 22.4 Å². The van der Waals surface area contributed by atoms with Gasteiger partial charge in [-0.2, -0.15) is 0 Å². The van der Waals surface area contributed by atoms with Crippen LogP contribution in [-0.2, 0) is 0 Å². The Morgan fingerprint density at radius 2 is 1.42 bits per heavy atom. The molecule has 0 spiro atoms. The van der Waals surface area contributed by atoms with Crippen LogP contribution in [0.4, 0.5) is 17.3 Å². The Morgan fingerprint density at radius 1 is 0.806 bits per heavy atom. The van der Waals surface area contributed by atoms with Gasteiger partial charge in [-0.1, -0.05) is 72.8 Å². The maximum Gasteiger partial charge on any atom is 0.209 e. The van der Waals surface area contributed by atoms with Crippen LogP contribution >= 0.6 is 0 Å². The summed E-state index contributed by atoms with van der Waals surface area (Å²) in [5.41, 5.74) is 7.32. The molecule has 0 saturated carbocycles. The maximum absolute atomic E-state index is 13.9. The van der Waals surface area contributed by atoms with Gasteiger partial charge in [0.2, 0.25) is 5.95 Å². The van der Waals surface area contributed by atoms with E-state index < -0.39 is 0 Å². The molecule has 1 aliphatic rings. The standard InChI is InChI=1S/C31H26N4O/c1-21-28(30(36)23-11-5-3-6-12-23)29(35-27-16-10-9-15-26(27)33-31(35)32-21)22-17-19-25(20-18-22)34(2)24-13-7-4-8-14-24/h3-20,29H,1-2H3,(H,32,33)/t29-/m1/s1. The summed E-state index contributed by atoms with van der Waals surface area (Å²) in [7, 11) is 2.06. The van der Waals surface area contributed by atoms with Crippen LogP contribution < -0.4 is 10.2 Å². The van der Waals surface area contributed by atoms with Gasteiger partial charge < -0.3 is 10.2 Å². The first kappa shape index (κ1) is 21.9. The second-order valence-electron chi connectivity index (χ2n) is 9.04. The minimum Gasteiger partial charge on any atom is -0.345 e. The third-order valence-corrected chi connectivity index (χ3v) is 6.85. The summed E-state index contributed by atoms with van der Waals surface area (Å²) in [6.07, 6.45) is 0.